The molecule has 0 bridgehead atoms. The van der Waals surface area contributed by atoms with Crippen LogP contribution in [0.1, 0.15) is 32.3 Å². The predicted molar refractivity (Wildman–Crippen MR) is 147 cm³/mol. The second kappa shape index (κ2) is 13.4. The summed E-state index contributed by atoms with van der Waals surface area (Å²) in [4.78, 5) is 27.9. The van der Waals surface area contributed by atoms with E-state index in [1.807, 2.05) is 6.92 Å². The number of anilines is 1. The van der Waals surface area contributed by atoms with Crippen LogP contribution in [0.4, 0.5) is 10.1 Å². The van der Waals surface area contributed by atoms with Crippen molar-refractivity contribution in [2.24, 2.45) is 0 Å². The molecule has 0 saturated heterocycles. The van der Waals surface area contributed by atoms with Gasteiger partial charge in [-0.25, -0.2) is 12.8 Å². The normalized spacial score (nSPS) is 12.0. The van der Waals surface area contributed by atoms with Crippen LogP contribution in [0.3, 0.4) is 0 Å². The number of halogens is 2. The van der Waals surface area contributed by atoms with E-state index in [2.05, 4.69) is 5.32 Å². The van der Waals surface area contributed by atoms with E-state index in [0.717, 1.165) is 47.0 Å². The molecule has 0 unspecified atom stereocenters. The molecule has 0 aliphatic carbocycles. The van der Waals surface area contributed by atoms with Gasteiger partial charge in [0.05, 0.1) is 10.6 Å². The molecule has 3 rings (SSSR count). The molecule has 202 valence electrons. The fraction of sp³-hybridized carbons (Fsp3) is 0.286. The Balaban J connectivity index is 1.96. The van der Waals surface area contributed by atoms with Gasteiger partial charge in [-0.05, 0) is 67.4 Å². The third-order valence-corrected chi connectivity index (χ3v) is 8.03. The fourth-order valence-electron chi connectivity index (χ4n) is 3.76. The molecule has 3 aromatic carbocycles. The lowest BCUT2D eigenvalue weighted by molar-refractivity contribution is -0.139. The number of amides is 2. The molecule has 0 saturated carbocycles. The molecule has 2 amide bonds. The number of rotatable bonds is 12. The zero-order valence-corrected chi connectivity index (χ0v) is 22.9. The van der Waals surface area contributed by atoms with Gasteiger partial charge in [-0.2, -0.15) is 0 Å². The molecule has 0 spiro atoms. The quantitative estimate of drug-likeness (QED) is 0.316. The summed E-state index contributed by atoms with van der Waals surface area (Å²) in [5, 5.41) is 3.36. The Kier molecular flexibility index (Phi) is 10.3. The van der Waals surface area contributed by atoms with Crippen molar-refractivity contribution in [3.8, 4) is 0 Å². The molecular formula is C28H31ClFN3O4S. The Bertz CT molecular complexity index is 1320. The fourth-order valence-corrected chi connectivity index (χ4v) is 5.30. The van der Waals surface area contributed by atoms with E-state index in [-0.39, 0.29) is 23.0 Å². The van der Waals surface area contributed by atoms with E-state index >= 15 is 0 Å². The molecular weight excluding hydrogens is 529 g/mol. The minimum atomic E-state index is -4.24. The Morgan fingerprint density at radius 1 is 0.974 bits per heavy atom. The van der Waals surface area contributed by atoms with Crippen LogP contribution in [0.25, 0.3) is 0 Å². The van der Waals surface area contributed by atoms with Gasteiger partial charge >= 0.3 is 0 Å². The Hall–Kier alpha value is -3.43. The van der Waals surface area contributed by atoms with Crippen LogP contribution in [0.5, 0.6) is 0 Å². The van der Waals surface area contributed by atoms with E-state index < -0.39 is 34.3 Å². The number of nitrogens with one attached hydrogen (secondary N) is 1. The molecule has 0 aromatic heterocycles. The van der Waals surface area contributed by atoms with Crippen LogP contribution in [0.2, 0.25) is 5.02 Å². The lowest BCUT2D eigenvalue weighted by atomic mass is 10.1. The maximum absolute atomic E-state index is 13.8. The molecule has 7 nitrogen and oxygen atoms in total. The number of benzene rings is 3. The van der Waals surface area contributed by atoms with Gasteiger partial charge in [-0.1, -0.05) is 55.3 Å². The molecule has 0 radical (unpaired) electrons. The molecule has 0 fully saturated rings. The summed E-state index contributed by atoms with van der Waals surface area (Å²) in [5.41, 5.74) is 0.986. The van der Waals surface area contributed by atoms with Gasteiger partial charge in [0.1, 0.15) is 18.4 Å². The van der Waals surface area contributed by atoms with Crippen LogP contribution in [0.15, 0.2) is 83.8 Å². The second-order valence-corrected chi connectivity index (χ2v) is 11.1. The first kappa shape index (κ1) is 29.1. The average Bonchev–Trinajstić information content (AvgIpc) is 2.91. The summed E-state index contributed by atoms with van der Waals surface area (Å²) in [6.07, 6.45) is 1.69. The van der Waals surface area contributed by atoms with E-state index in [1.165, 1.54) is 4.90 Å². The van der Waals surface area contributed by atoms with Crippen LogP contribution in [-0.2, 0) is 26.2 Å². The highest BCUT2D eigenvalue weighted by molar-refractivity contribution is 7.92. The molecule has 38 heavy (non-hydrogen) atoms. The van der Waals surface area contributed by atoms with Crippen molar-refractivity contribution >= 4 is 39.1 Å². The van der Waals surface area contributed by atoms with Crippen molar-refractivity contribution in [1.82, 2.24) is 10.2 Å². The molecule has 0 aliphatic rings. The smallest absolute Gasteiger partial charge is 0.264 e. The van der Waals surface area contributed by atoms with E-state index in [4.69, 9.17) is 11.6 Å². The number of hydrogen-bond donors (Lipinski definition) is 1. The Morgan fingerprint density at radius 2 is 1.61 bits per heavy atom. The maximum atomic E-state index is 13.8. The maximum Gasteiger partial charge on any atom is 0.264 e. The first-order chi connectivity index (χ1) is 18.1. The second-order valence-electron chi connectivity index (χ2n) is 8.77. The zero-order valence-electron chi connectivity index (χ0n) is 21.3. The lowest BCUT2D eigenvalue weighted by Gasteiger charge is -2.32. The molecule has 1 atom stereocenters. The first-order valence-corrected chi connectivity index (χ1v) is 14.1. The van der Waals surface area contributed by atoms with Gasteiger partial charge in [-0.3, -0.25) is 13.9 Å². The lowest BCUT2D eigenvalue weighted by Crippen LogP contribution is -2.51. The van der Waals surface area contributed by atoms with Crippen molar-refractivity contribution in [3.05, 3.63) is 95.3 Å². The van der Waals surface area contributed by atoms with Crippen molar-refractivity contribution in [3.63, 3.8) is 0 Å². The van der Waals surface area contributed by atoms with Crippen molar-refractivity contribution in [2.45, 2.75) is 44.2 Å². The van der Waals surface area contributed by atoms with Gasteiger partial charge < -0.3 is 10.2 Å². The summed E-state index contributed by atoms with van der Waals surface area (Å²) in [7, 11) is -4.24. The number of carbonyl (C=O) groups is 2. The number of nitrogens with zero attached hydrogens (tertiary/aromatic N) is 2. The van der Waals surface area contributed by atoms with Gasteiger partial charge in [0.15, 0.2) is 0 Å². The standard InChI is InChI=1S/C28H31ClFN3O4S/c1-3-4-18-31-28(35)21(2)32(19-22-10-12-23(29)13-11-22)27(34)20-33(25-8-6-5-7-9-25)38(36,37)26-16-14-24(30)15-17-26/h5-17,21H,3-4,18-20H2,1-2H3,(H,31,35)/t21-/m1/s1. The third-order valence-electron chi connectivity index (χ3n) is 5.99. The molecule has 1 N–H and O–H groups in total. The largest absolute Gasteiger partial charge is 0.354 e. The van der Waals surface area contributed by atoms with E-state index in [1.54, 1.807) is 61.5 Å². The number of unbranched alkanes of at least 4 members (excludes halogenated alkanes) is 1. The monoisotopic (exact) mass is 559 g/mol. The van der Waals surface area contributed by atoms with Gasteiger partial charge in [-0.15, -0.1) is 0 Å². The highest BCUT2D eigenvalue weighted by atomic mass is 35.5. The predicted octanol–water partition coefficient (Wildman–Crippen LogP) is 5.01. The number of para-hydroxylation sites is 1. The van der Waals surface area contributed by atoms with E-state index in [9.17, 15) is 22.4 Å². The summed E-state index contributed by atoms with van der Waals surface area (Å²) < 4.78 is 41.7. The Labute approximate surface area is 228 Å². The number of sulfonamides is 1. The third kappa shape index (κ3) is 7.55. The topological polar surface area (TPSA) is 86.8 Å². The van der Waals surface area contributed by atoms with E-state index in [0.29, 0.717) is 11.6 Å². The molecule has 10 heteroatoms. The molecule has 0 heterocycles. The average molecular weight is 560 g/mol. The van der Waals surface area contributed by atoms with Gasteiger partial charge in [0, 0.05) is 18.1 Å². The highest BCUT2D eigenvalue weighted by Gasteiger charge is 2.32. The van der Waals surface area contributed by atoms with Gasteiger partial charge in [0.2, 0.25) is 11.8 Å². The summed E-state index contributed by atoms with van der Waals surface area (Å²) in [5.74, 6) is -1.50. The zero-order chi connectivity index (χ0) is 27.7. The highest BCUT2D eigenvalue weighted by Crippen LogP contribution is 2.24. The summed E-state index contributed by atoms with van der Waals surface area (Å²) in [6.45, 7) is 3.58. The van der Waals surface area contributed by atoms with Crippen molar-refractivity contribution in [1.29, 1.82) is 0 Å². The van der Waals surface area contributed by atoms with Crippen LogP contribution >= 0.6 is 11.6 Å². The molecule has 3 aromatic rings. The van der Waals surface area contributed by atoms with Crippen LogP contribution < -0.4 is 9.62 Å². The minimum Gasteiger partial charge on any atom is -0.354 e. The first-order valence-electron chi connectivity index (χ1n) is 12.3. The van der Waals surface area contributed by atoms with Crippen LogP contribution in [-0.4, -0.2) is 44.3 Å². The minimum absolute atomic E-state index is 0.0671. The van der Waals surface area contributed by atoms with Crippen molar-refractivity contribution in [2.75, 3.05) is 17.4 Å². The summed E-state index contributed by atoms with van der Waals surface area (Å²) >= 11 is 6.01. The molecule has 0 aliphatic heterocycles. The SMILES string of the molecule is CCCCNC(=O)[C@@H](C)N(Cc1ccc(Cl)cc1)C(=O)CN(c1ccccc1)S(=O)(=O)c1ccc(F)cc1. The van der Waals surface area contributed by atoms with Crippen molar-refractivity contribution < 1.29 is 22.4 Å². The number of hydrogen-bond acceptors (Lipinski definition) is 4. The summed E-state index contributed by atoms with van der Waals surface area (Å²) in [6, 6.07) is 18.6. The Morgan fingerprint density at radius 3 is 2.21 bits per heavy atom. The van der Waals surface area contributed by atoms with Crippen LogP contribution in [0, 0.1) is 5.82 Å². The van der Waals surface area contributed by atoms with Gasteiger partial charge in [0.25, 0.3) is 10.0 Å². The number of carbonyl (C=O) groups excluding carboxylic acids is 2.